The Morgan fingerprint density at radius 1 is 0.843 bits per heavy atom. The molecule has 0 bridgehead atoms. The van der Waals surface area contributed by atoms with Crippen molar-refractivity contribution in [2.75, 3.05) is 0 Å². The van der Waals surface area contributed by atoms with Gasteiger partial charge in [0, 0.05) is 27.8 Å². The van der Waals surface area contributed by atoms with Gasteiger partial charge >= 0.3 is 0 Å². The van der Waals surface area contributed by atoms with Gasteiger partial charge in [-0.15, -0.1) is 9.24 Å². The minimum atomic E-state index is -0.111. The molecule has 2 heteroatoms. The maximum atomic E-state index is 2.79. The van der Waals surface area contributed by atoms with Crippen LogP contribution in [0.5, 0.6) is 0 Å². The van der Waals surface area contributed by atoms with Crippen LogP contribution in [0, 0.1) is 12.8 Å². The lowest BCUT2D eigenvalue weighted by molar-refractivity contribution is 0.654. The van der Waals surface area contributed by atoms with Crippen molar-refractivity contribution in [3.63, 3.8) is 0 Å². The summed E-state index contributed by atoms with van der Waals surface area (Å²) in [7, 11) is 2.79. The maximum absolute atomic E-state index is 2.79. The van der Waals surface area contributed by atoms with Gasteiger partial charge in [0.05, 0.1) is 11.0 Å². The number of benzene rings is 3. The van der Waals surface area contributed by atoms with Crippen molar-refractivity contribution in [1.82, 2.24) is 4.57 Å². The highest BCUT2D eigenvalue weighted by Gasteiger charge is 2.36. The number of fused-ring (bicyclic) bond motifs is 4. The highest BCUT2D eigenvalue weighted by molar-refractivity contribution is 7.20. The summed E-state index contributed by atoms with van der Waals surface area (Å²) in [5.74, 6) is 2.58. The summed E-state index contributed by atoms with van der Waals surface area (Å²) in [5.41, 5.74) is 20.5. The number of nitrogens with zero attached hydrogens (tertiary/aromatic N) is 1. The summed E-state index contributed by atoms with van der Waals surface area (Å²) in [6.45, 7) is 13.9. The van der Waals surface area contributed by atoms with Gasteiger partial charge in [-0.2, -0.15) is 0 Å². The van der Waals surface area contributed by atoms with Crippen LogP contribution in [0.3, 0.4) is 0 Å². The predicted octanol–water partition coefficient (Wildman–Crippen LogP) is 13.9. The van der Waals surface area contributed by atoms with Crippen LogP contribution in [0.15, 0.2) is 149 Å². The van der Waals surface area contributed by atoms with Gasteiger partial charge in [-0.25, -0.2) is 0 Å². The second kappa shape index (κ2) is 13.3. The summed E-state index contributed by atoms with van der Waals surface area (Å²) in [4.78, 5) is 0. The van der Waals surface area contributed by atoms with Gasteiger partial charge in [0.2, 0.25) is 0 Å². The summed E-state index contributed by atoms with van der Waals surface area (Å²) in [6.07, 6.45) is 26.5. The molecule has 2 atom stereocenters. The molecule has 0 radical (unpaired) electrons. The topological polar surface area (TPSA) is 4.93 Å². The predicted molar refractivity (Wildman–Crippen MR) is 226 cm³/mol. The molecule has 0 saturated carbocycles. The molecule has 0 amide bonds. The van der Waals surface area contributed by atoms with Gasteiger partial charge in [0.25, 0.3) is 0 Å². The maximum Gasteiger partial charge on any atom is 0.0538 e. The SMILES string of the molecule is CC1=CC=C(n2c3ccc(C)cc3c3cc(-c4ccc5c(c4)C(C)(C)C(/C=C\P)=C5/C=C(\C)C4=CC=CCC4)ccc32)CC1C1=C(C)C=CCC1. The van der Waals surface area contributed by atoms with Gasteiger partial charge in [0.15, 0.2) is 0 Å². The van der Waals surface area contributed by atoms with Crippen molar-refractivity contribution in [3.8, 4) is 11.1 Å². The van der Waals surface area contributed by atoms with Crippen molar-refractivity contribution in [2.45, 2.75) is 79.1 Å². The Kier molecular flexibility index (Phi) is 8.76. The van der Waals surface area contributed by atoms with Crippen LogP contribution in [0.2, 0.25) is 0 Å². The molecule has 1 aromatic heterocycles. The molecule has 51 heavy (non-hydrogen) atoms. The third-order valence-corrected chi connectivity index (χ3v) is 12.2. The van der Waals surface area contributed by atoms with Crippen molar-refractivity contribution in [2.24, 2.45) is 5.92 Å². The number of hydrogen-bond acceptors (Lipinski definition) is 0. The first kappa shape index (κ1) is 33.7. The monoisotopic (exact) mass is 683 g/mol. The van der Waals surface area contributed by atoms with Crippen molar-refractivity contribution < 1.29 is 0 Å². The molecule has 2 unspecified atom stereocenters. The average molecular weight is 684 g/mol. The van der Waals surface area contributed by atoms with Crippen LogP contribution in [-0.4, -0.2) is 4.57 Å². The first-order chi connectivity index (χ1) is 24.7. The van der Waals surface area contributed by atoms with E-state index >= 15 is 0 Å². The third-order valence-electron chi connectivity index (χ3n) is 12.0. The quantitative estimate of drug-likeness (QED) is 0.178. The van der Waals surface area contributed by atoms with Crippen molar-refractivity contribution >= 4 is 42.3 Å². The van der Waals surface area contributed by atoms with E-state index in [0.717, 1.165) is 32.1 Å². The molecule has 256 valence electrons. The second-order valence-electron chi connectivity index (χ2n) is 15.6. The number of aryl methyl sites for hydroxylation is 1. The van der Waals surface area contributed by atoms with Gasteiger partial charge in [0.1, 0.15) is 0 Å². The molecule has 3 aromatic carbocycles. The number of allylic oxidation sites excluding steroid dienone is 17. The first-order valence-corrected chi connectivity index (χ1v) is 19.4. The third kappa shape index (κ3) is 5.85. The van der Waals surface area contributed by atoms with E-state index in [1.807, 2.05) is 0 Å². The average Bonchev–Trinajstić information content (AvgIpc) is 3.56. The Labute approximate surface area is 307 Å². The number of rotatable bonds is 6. The minimum Gasteiger partial charge on any atom is -0.313 e. The zero-order valence-electron chi connectivity index (χ0n) is 31.1. The standard InChI is InChI=1S/C49H50NP/c1-31-16-22-47-43(26-31)44-28-36(19-23-48(44)50(47)38-20-17-33(3)41(30-38)39-15-11-10-12-32(39)2)37-18-21-40-42(27-34(4)35-13-8-7-9-14-35)45(24-25-51)49(5,6)46(40)29-37/h7-8,10,12-13,16-29,41H,9,11,14-15,30,51H2,1-6H3/b25-24-,34-27+. The van der Waals surface area contributed by atoms with Crippen LogP contribution < -0.4 is 0 Å². The fourth-order valence-electron chi connectivity index (χ4n) is 9.12. The van der Waals surface area contributed by atoms with E-state index in [4.69, 9.17) is 0 Å². The van der Waals surface area contributed by atoms with Crippen molar-refractivity contribution in [1.29, 1.82) is 0 Å². The molecule has 0 spiro atoms. The molecule has 4 aromatic rings. The Balaban J connectivity index is 1.22. The van der Waals surface area contributed by atoms with E-state index in [1.165, 1.54) is 88.8 Å². The normalized spacial score (nSPS) is 20.5. The molecular weight excluding hydrogens is 634 g/mol. The molecular formula is C49H50NP. The second-order valence-corrected chi connectivity index (χ2v) is 16.0. The van der Waals surface area contributed by atoms with Gasteiger partial charge in [-0.1, -0.05) is 115 Å². The number of hydrogen-bond donors (Lipinski definition) is 0. The molecule has 1 nitrogen and oxygen atoms in total. The van der Waals surface area contributed by atoms with Gasteiger partial charge in [-0.3, -0.25) is 0 Å². The van der Waals surface area contributed by atoms with E-state index in [2.05, 4.69) is 170 Å². The van der Waals surface area contributed by atoms with Gasteiger partial charge < -0.3 is 4.57 Å². The molecule has 0 N–H and O–H groups in total. The minimum absolute atomic E-state index is 0.111. The van der Waals surface area contributed by atoms with E-state index in [0.29, 0.717) is 5.92 Å². The Morgan fingerprint density at radius 2 is 1.59 bits per heavy atom. The highest BCUT2D eigenvalue weighted by Crippen LogP contribution is 2.50. The molecule has 8 rings (SSSR count). The number of aromatic nitrogens is 1. The Hall–Kier alpha value is -4.45. The van der Waals surface area contributed by atoms with E-state index in [-0.39, 0.29) is 5.41 Å². The van der Waals surface area contributed by atoms with E-state index < -0.39 is 0 Å². The van der Waals surface area contributed by atoms with E-state index in [1.54, 1.807) is 5.57 Å². The van der Waals surface area contributed by atoms with E-state index in [9.17, 15) is 0 Å². The molecule has 0 aliphatic heterocycles. The van der Waals surface area contributed by atoms with Crippen LogP contribution >= 0.6 is 9.24 Å². The van der Waals surface area contributed by atoms with Crippen LogP contribution in [0.25, 0.3) is 44.2 Å². The smallest absolute Gasteiger partial charge is 0.0538 e. The zero-order valence-corrected chi connectivity index (χ0v) is 32.3. The molecule has 0 saturated heterocycles. The lowest BCUT2D eigenvalue weighted by Gasteiger charge is -2.29. The van der Waals surface area contributed by atoms with Crippen LogP contribution in [0.1, 0.15) is 83.4 Å². The van der Waals surface area contributed by atoms with Gasteiger partial charge in [-0.05, 0) is 141 Å². The lowest BCUT2D eigenvalue weighted by atomic mass is 9.79. The Bertz CT molecular complexity index is 2400. The molecule has 1 heterocycles. The van der Waals surface area contributed by atoms with Crippen LogP contribution in [0.4, 0.5) is 0 Å². The Morgan fingerprint density at radius 3 is 2.35 bits per heavy atom. The zero-order chi connectivity index (χ0) is 35.4. The highest BCUT2D eigenvalue weighted by atomic mass is 31.0. The summed E-state index contributed by atoms with van der Waals surface area (Å²) >= 11 is 0. The first-order valence-electron chi connectivity index (χ1n) is 18.8. The molecule has 0 fully saturated rings. The fourth-order valence-corrected chi connectivity index (χ4v) is 9.31. The molecule has 4 aliphatic rings. The summed E-state index contributed by atoms with van der Waals surface area (Å²) < 4.78 is 2.55. The fraction of sp³-hybridized carbons (Fsp3) is 0.265. The van der Waals surface area contributed by atoms with Crippen LogP contribution in [-0.2, 0) is 5.41 Å². The lowest BCUT2D eigenvalue weighted by Crippen LogP contribution is -2.16. The van der Waals surface area contributed by atoms with Crippen molar-refractivity contribution in [3.05, 3.63) is 165 Å². The molecule has 4 aliphatic carbocycles. The summed E-state index contributed by atoms with van der Waals surface area (Å²) in [6, 6.07) is 21.3. The largest absolute Gasteiger partial charge is 0.313 e. The summed E-state index contributed by atoms with van der Waals surface area (Å²) in [5, 5.41) is 2.65.